The van der Waals surface area contributed by atoms with Gasteiger partial charge >= 0.3 is 0 Å². The fraction of sp³-hybridized carbons (Fsp3) is 0.111. The van der Waals surface area contributed by atoms with Crippen LogP contribution < -0.4 is 15.4 Å². The molecule has 2 aromatic rings. The molecule has 0 saturated heterocycles. The van der Waals surface area contributed by atoms with E-state index in [2.05, 4.69) is 10.6 Å². The number of anilines is 2. The van der Waals surface area contributed by atoms with Crippen LogP contribution in [-0.4, -0.2) is 13.0 Å². The minimum Gasteiger partial charge on any atom is -0.495 e. The number of nitriles is 1. The second-order valence-electron chi connectivity index (χ2n) is 4.88. The maximum absolute atomic E-state index is 12.3. The van der Waals surface area contributed by atoms with E-state index < -0.39 is 5.91 Å². The molecule has 0 aliphatic carbocycles. The summed E-state index contributed by atoms with van der Waals surface area (Å²) in [5.41, 5.74) is 1.98. The monoisotopic (exact) mass is 341 g/mol. The second kappa shape index (κ2) is 8.04. The number of amides is 1. The van der Waals surface area contributed by atoms with Crippen molar-refractivity contribution in [3.8, 4) is 11.8 Å². The lowest BCUT2D eigenvalue weighted by Gasteiger charge is -2.10. The summed E-state index contributed by atoms with van der Waals surface area (Å²) in [5, 5.41) is 15.4. The van der Waals surface area contributed by atoms with Gasteiger partial charge in [0.25, 0.3) is 5.91 Å². The quantitative estimate of drug-likeness (QED) is 0.634. The van der Waals surface area contributed by atoms with Gasteiger partial charge in [0.05, 0.1) is 12.8 Å². The van der Waals surface area contributed by atoms with Gasteiger partial charge in [-0.1, -0.05) is 29.8 Å². The Morgan fingerprint density at radius 3 is 2.62 bits per heavy atom. The molecule has 122 valence electrons. The molecule has 2 N–H and O–H groups in total. The first kappa shape index (κ1) is 17.4. The number of ether oxygens (including phenoxy) is 1. The highest BCUT2D eigenvalue weighted by Crippen LogP contribution is 2.24. The average Bonchev–Trinajstić information content (AvgIpc) is 2.59. The predicted molar refractivity (Wildman–Crippen MR) is 95.1 cm³/mol. The van der Waals surface area contributed by atoms with Crippen LogP contribution in [0.25, 0.3) is 0 Å². The van der Waals surface area contributed by atoms with Crippen molar-refractivity contribution < 1.29 is 9.53 Å². The maximum atomic E-state index is 12.3. The summed E-state index contributed by atoms with van der Waals surface area (Å²) in [6.07, 6.45) is 1.35. The molecule has 0 aliphatic heterocycles. The Labute approximate surface area is 145 Å². The zero-order valence-corrected chi connectivity index (χ0v) is 14.0. The zero-order valence-electron chi connectivity index (χ0n) is 13.3. The van der Waals surface area contributed by atoms with Crippen molar-refractivity contribution in [2.24, 2.45) is 0 Å². The first-order valence-corrected chi connectivity index (χ1v) is 7.51. The standard InChI is InChI=1S/C18H16ClN3O2/c1-12-14(19)6-5-8-15(12)21-11-13(10-20)18(23)22-16-7-3-4-9-17(16)24-2/h3-9,11,21H,1-2H3,(H,22,23)/b13-11-. The molecule has 0 heterocycles. The fourth-order valence-electron chi connectivity index (χ4n) is 2.00. The Morgan fingerprint density at radius 1 is 1.21 bits per heavy atom. The number of methoxy groups -OCH3 is 1. The molecule has 0 atom stereocenters. The Hall–Kier alpha value is -2.97. The third kappa shape index (κ3) is 4.06. The minimum atomic E-state index is -0.533. The van der Waals surface area contributed by atoms with E-state index in [1.54, 1.807) is 36.4 Å². The summed E-state index contributed by atoms with van der Waals surface area (Å²) in [6.45, 7) is 1.85. The minimum absolute atomic E-state index is 0.0692. The Kier molecular flexibility index (Phi) is 5.83. The fourth-order valence-corrected chi connectivity index (χ4v) is 2.17. The first-order valence-electron chi connectivity index (χ1n) is 7.13. The van der Waals surface area contributed by atoms with E-state index in [0.29, 0.717) is 16.5 Å². The normalized spacial score (nSPS) is 10.7. The molecule has 2 rings (SSSR count). The topological polar surface area (TPSA) is 74.1 Å². The van der Waals surface area contributed by atoms with Crippen LogP contribution in [-0.2, 0) is 4.79 Å². The van der Waals surface area contributed by atoms with Crippen molar-refractivity contribution in [3.63, 3.8) is 0 Å². The van der Waals surface area contributed by atoms with E-state index >= 15 is 0 Å². The molecular weight excluding hydrogens is 326 g/mol. The molecule has 0 saturated carbocycles. The van der Waals surface area contributed by atoms with E-state index in [4.69, 9.17) is 16.3 Å². The lowest BCUT2D eigenvalue weighted by Crippen LogP contribution is -2.15. The molecular formula is C18H16ClN3O2. The van der Waals surface area contributed by atoms with E-state index in [-0.39, 0.29) is 5.57 Å². The van der Waals surface area contributed by atoms with Gasteiger partial charge in [0.15, 0.2) is 0 Å². The highest BCUT2D eigenvalue weighted by atomic mass is 35.5. The molecule has 0 unspecified atom stereocenters. The largest absolute Gasteiger partial charge is 0.495 e. The average molecular weight is 342 g/mol. The highest BCUT2D eigenvalue weighted by molar-refractivity contribution is 6.31. The number of carbonyl (C=O) groups is 1. The van der Waals surface area contributed by atoms with Gasteiger partial charge in [-0.05, 0) is 36.8 Å². The molecule has 1 amide bonds. The van der Waals surface area contributed by atoms with Crippen LogP contribution in [0.2, 0.25) is 5.02 Å². The summed E-state index contributed by atoms with van der Waals surface area (Å²) in [6, 6.07) is 14.2. The van der Waals surface area contributed by atoms with Gasteiger partial charge in [0.2, 0.25) is 0 Å². The molecule has 0 aromatic heterocycles. The zero-order chi connectivity index (χ0) is 17.5. The van der Waals surface area contributed by atoms with Gasteiger partial charge in [0.1, 0.15) is 17.4 Å². The number of para-hydroxylation sites is 2. The van der Waals surface area contributed by atoms with Gasteiger partial charge < -0.3 is 15.4 Å². The van der Waals surface area contributed by atoms with Crippen LogP contribution in [0.5, 0.6) is 5.75 Å². The van der Waals surface area contributed by atoms with Crippen molar-refractivity contribution in [2.45, 2.75) is 6.92 Å². The van der Waals surface area contributed by atoms with Crippen molar-refractivity contribution in [3.05, 3.63) is 64.8 Å². The molecule has 24 heavy (non-hydrogen) atoms. The Bertz CT molecular complexity index is 825. The third-order valence-electron chi connectivity index (χ3n) is 3.36. The number of benzene rings is 2. The highest BCUT2D eigenvalue weighted by Gasteiger charge is 2.12. The van der Waals surface area contributed by atoms with Crippen molar-refractivity contribution in [2.75, 3.05) is 17.7 Å². The number of hydrogen-bond acceptors (Lipinski definition) is 4. The van der Waals surface area contributed by atoms with Crippen LogP contribution >= 0.6 is 11.6 Å². The van der Waals surface area contributed by atoms with Crippen LogP contribution in [0.1, 0.15) is 5.56 Å². The summed E-state index contributed by atoms with van der Waals surface area (Å²) >= 11 is 6.05. The summed E-state index contributed by atoms with van der Waals surface area (Å²) in [4.78, 5) is 12.3. The number of carbonyl (C=O) groups excluding carboxylic acids is 1. The first-order chi connectivity index (χ1) is 11.6. The summed E-state index contributed by atoms with van der Waals surface area (Å²) < 4.78 is 5.17. The number of nitrogens with zero attached hydrogens (tertiary/aromatic N) is 1. The van der Waals surface area contributed by atoms with Gasteiger partial charge in [-0.25, -0.2) is 0 Å². The molecule has 0 radical (unpaired) electrons. The molecule has 0 fully saturated rings. The van der Waals surface area contributed by atoms with Crippen molar-refractivity contribution in [1.29, 1.82) is 5.26 Å². The lowest BCUT2D eigenvalue weighted by atomic mass is 10.2. The third-order valence-corrected chi connectivity index (χ3v) is 3.77. The molecule has 0 aliphatic rings. The molecule has 5 nitrogen and oxygen atoms in total. The van der Waals surface area contributed by atoms with Crippen LogP contribution in [0.15, 0.2) is 54.2 Å². The van der Waals surface area contributed by atoms with Crippen molar-refractivity contribution >= 4 is 28.9 Å². The Balaban J connectivity index is 2.17. The molecule has 6 heteroatoms. The lowest BCUT2D eigenvalue weighted by molar-refractivity contribution is -0.112. The van der Waals surface area contributed by atoms with E-state index in [1.807, 2.05) is 19.1 Å². The van der Waals surface area contributed by atoms with E-state index in [9.17, 15) is 10.1 Å². The van der Waals surface area contributed by atoms with Crippen molar-refractivity contribution in [1.82, 2.24) is 0 Å². The van der Waals surface area contributed by atoms with Crippen LogP contribution in [0.4, 0.5) is 11.4 Å². The predicted octanol–water partition coefficient (Wildman–Crippen LogP) is 4.12. The van der Waals surface area contributed by atoms with E-state index in [1.165, 1.54) is 13.3 Å². The second-order valence-corrected chi connectivity index (χ2v) is 5.29. The number of nitrogens with one attached hydrogen (secondary N) is 2. The Morgan fingerprint density at radius 2 is 1.92 bits per heavy atom. The summed E-state index contributed by atoms with van der Waals surface area (Å²) in [5.74, 6) is -0.0176. The summed E-state index contributed by atoms with van der Waals surface area (Å²) in [7, 11) is 1.51. The van der Waals surface area contributed by atoms with Gasteiger partial charge in [-0.2, -0.15) is 5.26 Å². The number of hydrogen-bond donors (Lipinski definition) is 2. The molecule has 2 aromatic carbocycles. The van der Waals surface area contributed by atoms with Gasteiger partial charge in [-0.3, -0.25) is 4.79 Å². The van der Waals surface area contributed by atoms with E-state index in [0.717, 1.165) is 11.3 Å². The molecule has 0 spiro atoms. The number of halogens is 1. The smallest absolute Gasteiger partial charge is 0.267 e. The molecule has 0 bridgehead atoms. The maximum Gasteiger partial charge on any atom is 0.267 e. The van der Waals surface area contributed by atoms with Crippen LogP contribution in [0, 0.1) is 18.3 Å². The van der Waals surface area contributed by atoms with Gasteiger partial charge in [0, 0.05) is 16.9 Å². The van der Waals surface area contributed by atoms with Crippen LogP contribution in [0.3, 0.4) is 0 Å². The SMILES string of the molecule is COc1ccccc1NC(=O)/C(C#N)=C\Nc1cccc(Cl)c1C. The number of rotatable bonds is 5. The van der Waals surface area contributed by atoms with Gasteiger partial charge in [-0.15, -0.1) is 0 Å².